The van der Waals surface area contributed by atoms with Gasteiger partial charge in [0.15, 0.2) is 0 Å². The molecule has 6 heteroatoms. The Morgan fingerprint density at radius 1 is 1.17 bits per heavy atom. The summed E-state index contributed by atoms with van der Waals surface area (Å²) in [6.45, 7) is 8.80. The van der Waals surface area contributed by atoms with Gasteiger partial charge in [-0.1, -0.05) is 13.8 Å². The fraction of sp³-hybridized carbons (Fsp3) is 0.833. The van der Waals surface area contributed by atoms with Gasteiger partial charge in [0.1, 0.15) is 0 Å². The van der Waals surface area contributed by atoms with Gasteiger partial charge in [0.05, 0.1) is 13.2 Å². The fourth-order valence-electron chi connectivity index (χ4n) is 1.76. The van der Waals surface area contributed by atoms with E-state index in [2.05, 4.69) is 5.32 Å². The van der Waals surface area contributed by atoms with E-state index in [1.807, 2.05) is 13.8 Å². The number of piperazine rings is 1. The molecule has 0 aliphatic carbocycles. The lowest BCUT2D eigenvalue weighted by atomic mass is 10.3. The third-order valence-electron chi connectivity index (χ3n) is 2.82. The van der Waals surface area contributed by atoms with E-state index >= 15 is 0 Å². The molecule has 1 aliphatic rings. The molecule has 0 aromatic rings. The Morgan fingerprint density at radius 2 is 1.72 bits per heavy atom. The van der Waals surface area contributed by atoms with Crippen molar-refractivity contribution < 1.29 is 14.3 Å². The molecule has 0 saturated carbocycles. The van der Waals surface area contributed by atoms with Crippen molar-refractivity contribution in [1.82, 2.24) is 15.1 Å². The van der Waals surface area contributed by atoms with Crippen LogP contribution in [0.4, 0.5) is 4.79 Å². The van der Waals surface area contributed by atoms with Crippen LogP contribution in [0.15, 0.2) is 0 Å². The van der Waals surface area contributed by atoms with Crippen molar-refractivity contribution in [2.45, 2.75) is 26.8 Å². The summed E-state index contributed by atoms with van der Waals surface area (Å²) in [6, 6.07) is 0.301. The van der Waals surface area contributed by atoms with Gasteiger partial charge in [0.25, 0.3) is 0 Å². The Morgan fingerprint density at radius 3 is 2.22 bits per heavy atom. The maximum Gasteiger partial charge on any atom is 0.409 e. The van der Waals surface area contributed by atoms with Gasteiger partial charge in [-0.25, -0.2) is 4.79 Å². The molecule has 0 radical (unpaired) electrons. The van der Waals surface area contributed by atoms with Crippen LogP contribution in [-0.2, 0) is 9.53 Å². The zero-order valence-corrected chi connectivity index (χ0v) is 11.4. The average Bonchev–Trinajstić information content (AvgIpc) is 2.36. The Balaban J connectivity index is 2.30. The first-order valence-electron chi connectivity index (χ1n) is 6.47. The van der Waals surface area contributed by atoms with Gasteiger partial charge in [0.2, 0.25) is 5.91 Å². The lowest BCUT2D eigenvalue weighted by Crippen LogP contribution is -2.52. The van der Waals surface area contributed by atoms with Crippen LogP contribution < -0.4 is 5.32 Å². The Labute approximate surface area is 108 Å². The van der Waals surface area contributed by atoms with Gasteiger partial charge in [-0.3, -0.25) is 4.79 Å². The summed E-state index contributed by atoms with van der Waals surface area (Å²) in [5, 5.41) is 3.10. The molecule has 1 aliphatic heterocycles. The molecule has 1 N–H and O–H groups in total. The minimum atomic E-state index is -0.287. The number of rotatable bonds is 4. The first-order chi connectivity index (χ1) is 8.54. The minimum absolute atomic E-state index is 0.0900. The highest BCUT2D eigenvalue weighted by Gasteiger charge is 2.24. The molecule has 0 aromatic carbocycles. The monoisotopic (exact) mass is 257 g/mol. The lowest BCUT2D eigenvalue weighted by molar-refractivity contribution is -0.131. The predicted octanol–water partition coefficient (Wildman–Crippen LogP) is 0.285. The maximum atomic E-state index is 11.8. The predicted molar refractivity (Wildman–Crippen MR) is 68.3 cm³/mol. The molecule has 0 bridgehead atoms. The lowest BCUT2D eigenvalue weighted by Gasteiger charge is -2.34. The van der Waals surface area contributed by atoms with Gasteiger partial charge < -0.3 is 19.9 Å². The smallest absolute Gasteiger partial charge is 0.409 e. The third-order valence-corrected chi connectivity index (χ3v) is 2.82. The van der Waals surface area contributed by atoms with E-state index in [-0.39, 0.29) is 12.0 Å². The summed E-state index contributed by atoms with van der Waals surface area (Å²) in [4.78, 5) is 26.7. The van der Waals surface area contributed by atoms with Gasteiger partial charge in [-0.15, -0.1) is 0 Å². The number of hydrogen-bond donors (Lipinski definition) is 1. The van der Waals surface area contributed by atoms with Crippen LogP contribution in [0.5, 0.6) is 0 Å². The van der Waals surface area contributed by atoms with E-state index in [9.17, 15) is 9.59 Å². The van der Waals surface area contributed by atoms with Crippen LogP contribution in [0.2, 0.25) is 0 Å². The molecule has 6 nitrogen and oxygen atoms in total. The molecule has 1 rings (SSSR count). The van der Waals surface area contributed by atoms with Crippen molar-refractivity contribution >= 4 is 12.0 Å². The molecular weight excluding hydrogens is 234 g/mol. The van der Waals surface area contributed by atoms with Gasteiger partial charge in [-0.2, -0.15) is 0 Å². The van der Waals surface area contributed by atoms with Crippen LogP contribution in [0.25, 0.3) is 0 Å². The Bertz CT molecular complexity index is 286. The second-order valence-electron chi connectivity index (χ2n) is 4.60. The molecule has 1 saturated heterocycles. The number of nitrogens with one attached hydrogen (secondary N) is 1. The molecule has 0 atom stereocenters. The summed E-state index contributed by atoms with van der Waals surface area (Å²) in [5.41, 5.74) is 0. The number of nitrogens with zero attached hydrogens (tertiary/aromatic N) is 2. The van der Waals surface area contributed by atoms with Crippen molar-refractivity contribution in [3.05, 3.63) is 0 Å². The summed E-state index contributed by atoms with van der Waals surface area (Å²) >= 11 is 0. The van der Waals surface area contributed by atoms with Gasteiger partial charge in [-0.05, 0) is 6.92 Å². The van der Waals surface area contributed by atoms with Gasteiger partial charge in [0, 0.05) is 32.2 Å². The summed E-state index contributed by atoms with van der Waals surface area (Å²) in [5.74, 6) is 0.0900. The van der Waals surface area contributed by atoms with Gasteiger partial charge >= 0.3 is 6.09 Å². The van der Waals surface area contributed by atoms with Crippen molar-refractivity contribution in [3.63, 3.8) is 0 Å². The molecule has 1 heterocycles. The standard InChI is InChI=1S/C12H23N3O3/c1-4-18-12(17)15-7-5-14(6-8-15)11(16)9-13-10(2)3/h10,13H,4-9H2,1-3H3. The fourth-order valence-corrected chi connectivity index (χ4v) is 1.76. The summed E-state index contributed by atoms with van der Waals surface area (Å²) in [6.07, 6.45) is -0.287. The summed E-state index contributed by atoms with van der Waals surface area (Å²) < 4.78 is 4.93. The van der Waals surface area contributed by atoms with E-state index in [4.69, 9.17) is 4.74 Å². The number of ether oxygens (including phenoxy) is 1. The molecule has 0 unspecified atom stereocenters. The van der Waals surface area contributed by atoms with Crippen LogP contribution in [-0.4, -0.2) is 67.2 Å². The quantitative estimate of drug-likeness (QED) is 0.786. The Kier molecular flexibility index (Phi) is 5.91. The van der Waals surface area contributed by atoms with Crippen molar-refractivity contribution in [2.24, 2.45) is 0 Å². The van der Waals surface area contributed by atoms with Crippen LogP contribution in [0, 0.1) is 0 Å². The normalized spacial score (nSPS) is 16.0. The minimum Gasteiger partial charge on any atom is -0.450 e. The largest absolute Gasteiger partial charge is 0.450 e. The van der Waals surface area contributed by atoms with E-state index in [1.54, 1.807) is 16.7 Å². The van der Waals surface area contributed by atoms with Crippen molar-refractivity contribution in [3.8, 4) is 0 Å². The third kappa shape index (κ3) is 4.52. The highest BCUT2D eigenvalue weighted by molar-refractivity contribution is 5.78. The van der Waals surface area contributed by atoms with Crippen molar-refractivity contribution in [2.75, 3.05) is 39.3 Å². The van der Waals surface area contributed by atoms with E-state index < -0.39 is 0 Å². The van der Waals surface area contributed by atoms with E-state index in [0.717, 1.165) is 0 Å². The van der Waals surface area contributed by atoms with Crippen LogP contribution >= 0.6 is 0 Å². The molecule has 104 valence electrons. The highest BCUT2D eigenvalue weighted by atomic mass is 16.6. The molecule has 2 amide bonds. The van der Waals surface area contributed by atoms with Crippen LogP contribution in [0.1, 0.15) is 20.8 Å². The second-order valence-corrected chi connectivity index (χ2v) is 4.60. The molecule has 0 spiro atoms. The number of carbonyl (C=O) groups is 2. The number of carbonyl (C=O) groups excluding carboxylic acids is 2. The molecular formula is C12H23N3O3. The first kappa shape index (κ1) is 14.8. The first-order valence-corrected chi connectivity index (χ1v) is 6.47. The van der Waals surface area contributed by atoms with E-state index in [0.29, 0.717) is 45.4 Å². The summed E-state index contributed by atoms with van der Waals surface area (Å²) in [7, 11) is 0. The SMILES string of the molecule is CCOC(=O)N1CCN(C(=O)CNC(C)C)CC1. The Hall–Kier alpha value is -1.30. The number of hydrogen-bond acceptors (Lipinski definition) is 4. The van der Waals surface area contributed by atoms with Crippen LogP contribution in [0.3, 0.4) is 0 Å². The zero-order valence-electron chi connectivity index (χ0n) is 11.4. The molecule has 18 heavy (non-hydrogen) atoms. The molecule has 0 aromatic heterocycles. The number of amides is 2. The molecule has 1 fully saturated rings. The maximum absolute atomic E-state index is 11.8. The highest BCUT2D eigenvalue weighted by Crippen LogP contribution is 2.04. The zero-order chi connectivity index (χ0) is 13.5. The van der Waals surface area contributed by atoms with E-state index in [1.165, 1.54) is 0 Å². The average molecular weight is 257 g/mol. The second kappa shape index (κ2) is 7.20. The van der Waals surface area contributed by atoms with Crippen molar-refractivity contribution in [1.29, 1.82) is 0 Å². The topological polar surface area (TPSA) is 61.9 Å².